The molecule has 1 aromatic heterocycles. The Morgan fingerprint density at radius 1 is 0.815 bits per heavy atom. The van der Waals surface area contributed by atoms with E-state index in [1.54, 1.807) is 12.3 Å². The lowest BCUT2D eigenvalue weighted by Gasteiger charge is -2.35. The fourth-order valence-corrected chi connectivity index (χ4v) is 6.73. The third-order valence-electron chi connectivity index (χ3n) is 9.71. The van der Waals surface area contributed by atoms with E-state index in [1.165, 1.54) is 22.3 Å². The number of aromatic nitrogens is 1. The Morgan fingerprint density at radius 3 is 2.13 bits per heavy atom. The van der Waals surface area contributed by atoms with Crippen LogP contribution in [0.1, 0.15) is 65.6 Å². The van der Waals surface area contributed by atoms with Gasteiger partial charge in [0.25, 0.3) is 0 Å². The first-order valence-corrected chi connectivity index (χ1v) is 19.1. The lowest BCUT2D eigenvalue weighted by atomic mass is 10.0. The van der Waals surface area contributed by atoms with Crippen molar-refractivity contribution in [3.05, 3.63) is 153 Å². The van der Waals surface area contributed by atoms with Gasteiger partial charge in [0.05, 0.1) is 17.8 Å². The Kier molecular flexibility index (Phi) is 13.1. The second kappa shape index (κ2) is 18.3. The summed E-state index contributed by atoms with van der Waals surface area (Å²) in [6.45, 7) is 15.3. The van der Waals surface area contributed by atoms with Gasteiger partial charge < -0.3 is 19.1 Å². The molecule has 0 saturated carbocycles. The van der Waals surface area contributed by atoms with Gasteiger partial charge in [-0.2, -0.15) is 0 Å². The highest BCUT2D eigenvalue weighted by atomic mass is 35.5. The van der Waals surface area contributed by atoms with E-state index < -0.39 is 0 Å². The molecule has 6 rings (SSSR count). The molecule has 1 fully saturated rings. The first-order chi connectivity index (χ1) is 26.1. The zero-order valence-corrected chi connectivity index (χ0v) is 32.7. The molecule has 1 amide bonds. The van der Waals surface area contributed by atoms with Crippen LogP contribution >= 0.6 is 11.6 Å². The fourth-order valence-electron chi connectivity index (χ4n) is 6.41. The second-order valence-electron chi connectivity index (χ2n) is 14.4. The normalized spacial score (nSPS) is 13.6. The largest absolute Gasteiger partial charge is 0.493 e. The van der Waals surface area contributed by atoms with Crippen LogP contribution in [0.5, 0.6) is 23.1 Å². The maximum Gasteiger partial charge on any atom is 0.249 e. The van der Waals surface area contributed by atoms with Gasteiger partial charge in [-0.15, -0.1) is 0 Å². The molecule has 7 nitrogen and oxygen atoms in total. The maximum atomic E-state index is 13.4. The van der Waals surface area contributed by atoms with E-state index in [9.17, 15) is 4.79 Å². The van der Waals surface area contributed by atoms with E-state index in [-0.39, 0.29) is 5.91 Å². The molecule has 0 N–H and O–H groups in total. The topological polar surface area (TPSA) is 64.1 Å². The standard InChI is InChI=1S/C46H50ClN3O4/c1-32(2)40-14-16-41(17-15-40)52-25-20-36-10-12-37(13-11-36)30-49-21-23-50(24-22-49)46(51)35(5)27-39-26-34(4)45(43(47)28-39)54-44-19-18-42(29-48-44)53-31-38-8-6-33(3)7-9-38/h6-19,26-29,32H,20-25,30-31H2,1-5H3. The van der Waals surface area contributed by atoms with Gasteiger partial charge in [0.2, 0.25) is 11.8 Å². The van der Waals surface area contributed by atoms with Gasteiger partial charge >= 0.3 is 0 Å². The van der Waals surface area contributed by atoms with Crippen LogP contribution in [0.15, 0.2) is 109 Å². The van der Waals surface area contributed by atoms with E-state index in [0.717, 1.165) is 48.5 Å². The fraction of sp³-hybridized carbons (Fsp3) is 0.304. The highest BCUT2D eigenvalue weighted by Crippen LogP contribution is 2.34. The summed E-state index contributed by atoms with van der Waals surface area (Å²) in [5, 5.41) is 0.449. The Bertz CT molecular complexity index is 1990. The average molecular weight is 744 g/mol. The number of benzene rings is 4. The molecule has 0 unspecified atom stereocenters. The van der Waals surface area contributed by atoms with Crippen molar-refractivity contribution < 1.29 is 19.0 Å². The van der Waals surface area contributed by atoms with Crippen molar-refractivity contribution in [3.63, 3.8) is 0 Å². The Balaban J connectivity index is 0.944. The second-order valence-corrected chi connectivity index (χ2v) is 14.8. The lowest BCUT2D eigenvalue weighted by Crippen LogP contribution is -2.48. The predicted molar refractivity (Wildman–Crippen MR) is 218 cm³/mol. The highest BCUT2D eigenvalue weighted by Gasteiger charge is 2.22. The van der Waals surface area contributed by atoms with E-state index in [0.29, 0.717) is 60.2 Å². The molecule has 1 aliphatic heterocycles. The summed E-state index contributed by atoms with van der Waals surface area (Å²) in [4.78, 5) is 22.2. The summed E-state index contributed by atoms with van der Waals surface area (Å²) in [5.41, 5.74) is 8.52. The number of piperazine rings is 1. The minimum atomic E-state index is 0.0417. The average Bonchev–Trinajstić information content (AvgIpc) is 3.17. The van der Waals surface area contributed by atoms with Crippen molar-refractivity contribution >= 4 is 23.6 Å². The summed E-state index contributed by atoms with van der Waals surface area (Å²) >= 11 is 6.69. The lowest BCUT2D eigenvalue weighted by molar-refractivity contribution is -0.128. The monoisotopic (exact) mass is 743 g/mol. The molecule has 1 saturated heterocycles. The van der Waals surface area contributed by atoms with Gasteiger partial charge in [0.15, 0.2) is 5.75 Å². The van der Waals surface area contributed by atoms with Crippen molar-refractivity contribution in [2.75, 3.05) is 32.8 Å². The summed E-state index contributed by atoms with van der Waals surface area (Å²) < 4.78 is 17.9. The number of pyridine rings is 1. The van der Waals surface area contributed by atoms with Crippen molar-refractivity contribution in [1.82, 2.24) is 14.8 Å². The molecule has 0 atom stereocenters. The molecule has 5 aromatic rings. The number of hydrogen-bond donors (Lipinski definition) is 0. The van der Waals surface area contributed by atoms with Crippen LogP contribution < -0.4 is 14.2 Å². The van der Waals surface area contributed by atoms with Crippen molar-refractivity contribution in [2.24, 2.45) is 0 Å². The van der Waals surface area contributed by atoms with Crippen LogP contribution in [0.4, 0.5) is 0 Å². The van der Waals surface area contributed by atoms with Gasteiger partial charge in [-0.25, -0.2) is 4.98 Å². The molecule has 0 aliphatic carbocycles. The minimum absolute atomic E-state index is 0.0417. The predicted octanol–water partition coefficient (Wildman–Crippen LogP) is 10.2. The van der Waals surface area contributed by atoms with E-state index >= 15 is 0 Å². The number of amides is 1. The molecular formula is C46H50ClN3O4. The van der Waals surface area contributed by atoms with E-state index in [2.05, 4.69) is 103 Å². The number of halogens is 1. The van der Waals surface area contributed by atoms with Crippen LogP contribution in [0.25, 0.3) is 6.08 Å². The minimum Gasteiger partial charge on any atom is -0.493 e. The smallest absolute Gasteiger partial charge is 0.249 e. The molecular weight excluding hydrogens is 694 g/mol. The number of rotatable bonds is 14. The van der Waals surface area contributed by atoms with Crippen molar-refractivity contribution in [3.8, 4) is 23.1 Å². The van der Waals surface area contributed by atoms with E-state index in [1.807, 2.05) is 43.0 Å². The molecule has 4 aromatic carbocycles. The van der Waals surface area contributed by atoms with Gasteiger partial charge in [0, 0.05) is 50.8 Å². The number of hydrogen-bond acceptors (Lipinski definition) is 6. The third-order valence-corrected chi connectivity index (χ3v) is 9.99. The van der Waals surface area contributed by atoms with Crippen molar-refractivity contribution in [2.45, 2.75) is 60.1 Å². The van der Waals surface area contributed by atoms with Crippen LogP contribution in [0.2, 0.25) is 5.02 Å². The maximum absolute atomic E-state index is 13.4. The quantitative estimate of drug-likeness (QED) is 0.106. The van der Waals surface area contributed by atoms with Crippen LogP contribution in [0.3, 0.4) is 0 Å². The number of nitrogens with zero attached hydrogens (tertiary/aromatic N) is 3. The molecule has 8 heteroatoms. The van der Waals surface area contributed by atoms with Gasteiger partial charge in [-0.3, -0.25) is 9.69 Å². The summed E-state index contributed by atoms with van der Waals surface area (Å²) in [6, 6.07) is 32.8. The molecule has 0 radical (unpaired) electrons. The number of ether oxygens (including phenoxy) is 3. The molecule has 0 bridgehead atoms. The summed E-state index contributed by atoms with van der Waals surface area (Å²) in [7, 11) is 0. The number of carbonyl (C=O) groups is 1. The Labute approximate surface area is 325 Å². The van der Waals surface area contributed by atoms with Crippen LogP contribution in [0, 0.1) is 13.8 Å². The van der Waals surface area contributed by atoms with Gasteiger partial charge in [0.1, 0.15) is 18.1 Å². The molecule has 1 aliphatic rings. The molecule has 280 valence electrons. The first kappa shape index (κ1) is 38.6. The summed E-state index contributed by atoms with van der Waals surface area (Å²) in [5.74, 6) is 3.07. The number of carbonyl (C=O) groups excluding carboxylic acids is 1. The zero-order chi connectivity index (χ0) is 38.0. The van der Waals surface area contributed by atoms with Gasteiger partial charge in [-0.05, 0) is 96.5 Å². The SMILES string of the molecule is CC(=Cc1cc(C)c(Oc2ccc(OCc3ccc(C)cc3)cn2)c(Cl)c1)C(=O)N1CCN(Cc2ccc(CCOc3ccc(C(C)C)cc3)cc2)CC1. The molecule has 2 heterocycles. The number of aryl methyl sites for hydroxylation is 2. The first-order valence-electron chi connectivity index (χ1n) is 18.7. The van der Waals surface area contributed by atoms with Crippen LogP contribution in [-0.4, -0.2) is 53.5 Å². The Hall–Kier alpha value is -5.11. The molecule has 54 heavy (non-hydrogen) atoms. The third kappa shape index (κ3) is 10.7. The Morgan fingerprint density at radius 2 is 1.48 bits per heavy atom. The molecule has 0 spiro atoms. The highest BCUT2D eigenvalue weighted by molar-refractivity contribution is 6.32. The van der Waals surface area contributed by atoms with Crippen LogP contribution in [-0.2, 0) is 24.4 Å². The summed E-state index contributed by atoms with van der Waals surface area (Å²) in [6.07, 6.45) is 4.40. The van der Waals surface area contributed by atoms with Gasteiger partial charge in [-0.1, -0.05) is 91.7 Å². The van der Waals surface area contributed by atoms with Crippen molar-refractivity contribution in [1.29, 1.82) is 0 Å². The van der Waals surface area contributed by atoms with E-state index in [4.69, 9.17) is 25.8 Å². The zero-order valence-electron chi connectivity index (χ0n) is 32.0.